The lowest BCUT2D eigenvalue weighted by Gasteiger charge is -2.36. The van der Waals surface area contributed by atoms with Gasteiger partial charge in [0.05, 0.1) is 29.0 Å². The quantitative estimate of drug-likeness (QED) is 0.414. The van der Waals surface area contributed by atoms with E-state index in [0.29, 0.717) is 34.8 Å². The van der Waals surface area contributed by atoms with Gasteiger partial charge in [-0.15, -0.1) is 0 Å². The van der Waals surface area contributed by atoms with Crippen molar-refractivity contribution in [2.45, 2.75) is 31.2 Å². The Labute approximate surface area is 195 Å². The van der Waals surface area contributed by atoms with Crippen LogP contribution < -0.4 is 20.7 Å². The fraction of sp³-hybridized carbons (Fsp3) is 0.417. The molecule has 3 fully saturated rings. The summed E-state index contributed by atoms with van der Waals surface area (Å²) in [5.74, 6) is 3.23. The largest absolute Gasteiger partial charge is 0.421 e. The van der Waals surface area contributed by atoms with Crippen LogP contribution in [0.2, 0.25) is 0 Å². The third-order valence-corrected chi connectivity index (χ3v) is 7.47. The molecule has 10 heteroatoms. The second kappa shape index (κ2) is 7.23. The third-order valence-electron chi connectivity index (χ3n) is 7.47. The number of nitrogens with zero attached hydrogens (tertiary/aromatic N) is 5. The van der Waals surface area contributed by atoms with E-state index in [2.05, 4.69) is 30.2 Å². The lowest BCUT2D eigenvalue weighted by molar-refractivity contribution is 0.194. The molecule has 34 heavy (non-hydrogen) atoms. The van der Waals surface area contributed by atoms with Gasteiger partial charge in [-0.05, 0) is 43.2 Å². The minimum Gasteiger partial charge on any atom is -0.421 e. The molecule has 2 saturated carbocycles. The van der Waals surface area contributed by atoms with Crippen molar-refractivity contribution >= 4 is 33.4 Å². The molecule has 1 saturated heterocycles. The van der Waals surface area contributed by atoms with Gasteiger partial charge in [-0.2, -0.15) is 9.97 Å². The third kappa shape index (κ3) is 3.08. The highest BCUT2D eigenvalue weighted by molar-refractivity contribution is 6.14. The first-order chi connectivity index (χ1) is 16.6. The van der Waals surface area contributed by atoms with Gasteiger partial charge in [0.15, 0.2) is 5.75 Å². The zero-order chi connectivity index (χ0) is 23.0. The van der Waals surface area contributed by atoms with E-state index in [-0.39, 0.29) is 17.9 Å². The number of aromatic nitrogens is 5. The summed E-state index contributed by atoms with van der Waals surface area (Å²) in [7, 11) is 1.77. The maximum absolute atomic E-state index is 14.5. The Morgan fingerprint density at radius 2 is 2.00 bits per heavy atom. The van der Waals surface area contributed by atoms with Gasteiger partial charge in [0, 0.05) is 37.5 Å². The lowest BCUT2D eigenvalue weighted by atomic mass is 9.72. The topological polar surface area (TPSA) is 118 Å². The van der Waals surface area contributed by atoms with Gasteiger partial charge in [-0.3, -0.25) is 0 Å². The Bertz CT molecular complexity index is 1420. The Kier molecular flexibility index (Phi) is 4.23. The highest BCUT2D eigenvalue weighted by Gasteiger charge is 2.46. The zero-order valence-corrected chi connectivity index (χ0v) is 18.8. The number of rotatable bonds is 5. The first kappa shape index (κ1) is 19.9. The van der Waals surface area contributed by atoms with Crippen LogP contribution in [0.15, 0.2) is 24.5 Å². The number of hydrogen-bond acceptors (Lipinski definition) is 8. The molecule has 9 nitrogen and oxygen atoms in total. The van der Waals surface area contributed by atoms with E-state index in [1.54, 1.807) is 19.4 Å². The van der Waals surface area contributed by atoms with Crippen LogP contribution >= 0.6 is 0 Å². The summed E-state index contributed by atoms with van der Waals surface area (Å²) >= 11 is 0. The summed E-state index contributed by atoms with van der Waals surface area (Å²) in [6.45, 7) is 1.68. The van der Waals surface area contributed by atoms with Gasteiger partial charge < -0.3 is 25.7 Å². The van der Waals surface area contributed by atoms with Crippen LogP contribution in [-0.2, 0) is 0 Å². The van der Waals surface area contributed by atoms with Crippen molar-refractivity contribution in [2.24, 2.45) is 17.6 Å². The SMILES string of the molecule is CNc1cc(F)cc2c1[nH]c1nc(Oc3cnc(C4CC4)nc3)nc(N3CC4CC(N)C4C3)c12. The Morgan fingerprint density at radius 3 is 2.71 bits per heavy atom. The van der Waals surface area contributed by atoms with Crippen molar-refractivity contribution in [3.05, 3.63) is 36.2 Å². The molecular weight excluding hydrogens is 435 g/mol. The van der Waals surface area contributed by atoms with Crippen molar-refractivity contribution in [3.63, 3.8) is 0 Å². The van der Waals surface area contributed by atoms with Crippen LogP contribution in [-0.4, -0.2) is 51.1 Å². The van der Waals surface area contributed by atoms with Crippen LogP contribution in [0.25, 0.3) is 21.9 Å². The predicted octanol–water partition coefficient (Wildman–Crippen LogP) is 3.54. The molecule has 0 bridgehead atoms. The molecule has 3 aliphatic rings. The maximum atomic E-state index is 14.5. The van der Waals surface area contributed by atoms with Gasteiger partial charge in [0.25, 0.3) is 0 Å². The average Bonchev–Trinajstić information content (AvgIpc) is 3.53. The van der Waals surface area contributed by atoms with E-state index in [0.717, 1.165) is 60.3 Å². The number of H-pyrrole nitrogens is 1. The molecule has 2 aliphatic carbocycles. The molecule has 3 unspecified atom stereocenters. The van der Waals surface area contributed by atoms with Gasteiger partial charge >= 0.3 is 6.01 Å². The molecular formula is C24H25FN8O. The summed E-state index contributed by atoms with van der Waals surface area (Å²) in [6.07, 6.45) is 6.64. The minimum absolute atomic E-state index is 0.201. The van der Waals surface area contributed by atoms with E-state index in [1.807, 2.05) is 0 Å². The number of ether oxygens (including phenoxy) is 1. The lowest BCUT2D eigenvalue weighted by Crippen LogP contribution is -2.46. The van der Waals surface area contributed by atoms with Crippen LogP contribution in [0.3, 0.4) is 0 Å². The Balaban J connectivity index is 1.35. The zero-order valence-electron chi connectivity index (χ0n) is 18.8. The molecule has 0 spiro atoms. The summed E-state index contributed by atoms with van der Waals surface area (Å²) in [5.41, 5.74) is 8.29. The summed E-state index contributed by atoms with van der Waals surface area (Å²) in [6, 6.07) is 3.42. The van der Waals surface area contributed by atoms with Gasteiger partial charge in [-0.1, -0.05) is 0 Å². The number of halogens is 1. The van der Waals surface area contributed by atoms with Crippen molar-refractivity contribution in [3.8, 4) is 11.8 Å². The summed E-state index contributed by atoms with van der Waals surface area (Å²) in [5, 5.41) is 4.59. The average molecular weight is 461 g/mol. The molecule has 4 aromatic rings. The molecule has 3 atom stereocenters. The molecule has 4 heterocycles. The number of anilines is 2. The number of nitrogens with two attached hydrogens (primary N) is 1. The Hall–Kier alpha value is -3.53. The minimum atomic E-state index is -0.319. The van der Waals surface area contributed by atoms with Crippen LogP contribution in [0.4, 0.5) is 15.9 Å². The van der Waals surface area contributed by atoms with Crippen molar-refractivity contribution < 1.29 is 9.13 Å². The van der Waals surface area contributed by atoms with Crippen LogP contribution in [0.5, 0.6) is 11.8 Å². The second-order valence-electron chi connectivity index (χ2n) is 9.69. The molecule has 3 aromatic heterocycles. The number of fused-ring (bicyclic) bond motifs is 4. The van der Waals surface area contributed by atoms with E-state index in [4.69, 9.17) is 15.5 Å². The maximum Gasteiger partial charge on any atom is 0.326 e. The standard InChI is InChI=1S/C24H25FN8O/c1-27-18-6-13(25)5-15-19-22(30-20(15)18)31-24(34-14-7-28-21(29-8-14)11-2-3-11)32-23(19)33-9-12-4-17(26)16(12)10-33/h5-8,11-12,16-17,27H,2-4,9-10,26H2,1H3,(H,30,31,32). The highest BCUT2D eigenvalue weighted by Crippen LogP contribution is 2.44. The first-order valence-electron chi connectivity index (χ1n) is 11.8. The predicted molar refractivity (Wildman–Crippen MR) is 127 cm³/mol. The molecule has 0 amide bonds. The second-order valence-corrected chi connectivity index (χ2v) is 9.69. The smallest absolute Gasteiger partial charge is 0.326 e. The summed E-state index contributed by atoms with van der Waals surface area (Å²) in [4.78, 5) is 23.9. The van der Waals surface area contributed by atoms with Crippen molar-refractivity contribution in [1.29, 1.82) is 0 Å². The normalized spacial score (nSPS) is 23.9. The first-order valence-corrected chi connectivity index (χ1v) is 11.8. The van der Waals surface area contributed by atoms with Crippen LogP contribution in [0, 0.1) is 17.7 Å². The fourth-order valence-electron chi connectivity index (χ4n) is 5.47. The highest BCUT2D eigenvalue weighted by atomic mass is 19.1. The number of benzene rings is 1. The molecule has 0 radical (unpaired) electrons. The van der Waals surface area contributed by atoms with Gasteiger partial charge in [0.2, 0.25) is 0 Å². The fourth-order valence-corrected chi connectivity index (χ4v) is 5.47. The van der Waals surface area contributed by atoms with Crippen molar-refractivity contribution in [1.82, 2.24) is 24.9 Å². The van der Waals surface area contributed by atoms with Crippen LogP contribution in [0.1, 0.15) is 31.0 Å². The van der Waals surface area contributed by atoms with E-state index in [9.17, 15) is 4.39 Å². The molecule has 4 N–H and O–H groups in total. The number of nitrogens with one attached hydrogen (secondary N) is 2. The monoisotopic (exact) mass is 460 g/mol. The van der Waals surface area contributed by atoms with E-state index >= 15 is 0 Å². The number of aromatic amines is 1. The van der Waals surface area contributed by atoms with E-state index in [1.165, 1.54) is 12.1 Å². The van der Waals surface area contributed by atoms with Gasteiger partial charge in [-0.25, -0.2) is 14.4 Å². The van der Waals surface area contributed by atoms with Crippen molar-refractivity contribution in [2.75, 3.05) is 30.4 Å². The van der Waals surface area contributed by atoms with Gasteiger partial charge in [0.1, 0.15) is 23.1 Å². The molecule has 174 valence electrons. The molecule has 1 aliphatic heterocycles. The number of hydrogen-bond donors (Lipinski definition) is 3. The summed E-state index contributed by atoms with van der Waals surface area (Å²) < 4.78 is 20.5. The van der Waals surface area contributed by atoms with E-state index < -0.39 is 0 Å². The molecule has 1 aromatic carbocycles. The molecule has 7 rings (SSSR count). The Morgan fingerprint density at radius 1 is 1.18 bits per heavy atom.